The quantitative estimate of drug-likeness (QED) is 0.417. The molecule has 1 saturated carbocycles. The van der Waals surface area contributed by atoms with Crippen molar-refractivity contribution in [1.82, 2.24) is 19.9 Å². The number of fused-ring (bicyclic) bond motifs is 1. The third kappa shape index (κ3) is 3.42. The minimum atomic E-state index is -0.977. The molecule has 1 aliphatic carbocycles. The van der Waals surface area contributed by atoms with E-state index >= 15 is 0 Å². The molecule has 0 saturated heterocycles. The fourth-order valence-corrected chi connectivity index (χ4v) is 4.69. The highest BCUT2D eigenvalue weighted by Crippen LogP contribution is 2.42. The highest BCUT2D eigenvalue weighted by Gasteiger charge is 2.40. The van der Waals surface area contributed by atoms with Gasteiger partial charge in [0.15, 0.2) is 5.65 Å². The Hall–Kier alpha value is -3.67. The number of amides is 1. The second-order valence-electron chi connectivity index (χ2n) is 8.46. The van der Waals surface area contributed by atoms with Gasteiger partial charge in [-0.1, -0.05) is 67.9 Å². The number of carboxylic acid groups (broad SMARTS) is 1. The fraction of sp³-hybridized carbons (Fsp3) is 0.269. The van der Waals surface area contributed by atoms with Crippen LogP contribution in [0.25, 0.3) is 28.2 Å². The molecule has 0 radical (unpaired) electrons. The molecule has 0 spiro atoms. The van der Waals surface area contributed by atoms with Crippen LogP contribution in [0.4, 0.5) is 4.79 Å². The smallest absolute Gasteiger partial charge is 0.405 e. The molecule has 4 aromatic rings. The first-order valence-electron chi connectivity index (χ1n) is 11.2. The monoisotopic (exact) mass is 426 g/mol. The maximum Gasteiger partial charge on any atom is 0.405 e. The van der Waals surface area contributed by atoms with E-state index < -0.39 is 11.6 Å². The number of nitrogens with one attached hydrogen (secondary N) is 1. The zero-order valence-electron chi connectivity index (χ0n) is 18.1. The zero-order valence-corrected chi connectivity index (χ0v) is 18.1. The van der Waals surface area contributed by atoms with E-state index in [1.54, 1.807) is 0 Å². The summed E-state index contributed by atoms with van der Waals surface area (Å²) in [5.74, 6) is 0. The predicted octanol–water partition coefficient (Wildman–Crippen LogP) is 5.66. The van der Waals surface area contributed by atoms with Crippen molar-refractivity contribution in [1.29, 1.82) is 0 Å². The maximum atomic E-state index is 11.3. The van der Waals surface area contributed by atoms with Crippen molar-refractivity contribution in [3.8, 4) is 22.5 Å². The lowest BCUT2D eigenvalue weighted by Gasteiger charge is -2.42. The van der Waals surface area contributed by atoms with Gasteiger partial charge in [0.05, 0.1) is 11.2 Å². The SMILES string of the molecule is CCCc1ccnn2c(-c3ccccc3)c(-c3ccc(C4(NC(=O)O)CCC4)cc3)nc12. The summed E-state index contributed by atoms with van der Waals surface area (Å²) in [4.78, 5) is 16.4. The first-order chi connectivity index (χ1) is 15.6. The second-order valence-corrected chi connectivity index (χ2v) is 8.46. The molecule has 2 heterocycles. The Balaban J connectivity index is 1.64. The molecular weight excluding hydrogens is 400 g/mol. The summed E-state index contributed by atoms with van der Waals surface area (Å²) in [6.45, 7) is 2.17. The van der Waals surface area contributed by atoms with E-state index in [9.17, 15) is 9.90 Å². The Labute approximate surface area is 186 Å². The van der Waals surface area contributed by atoms with E-state index in [1.165, 1.54) is 5.56 Å². The molecule has 2 aromatic heterocycles. The lowest BCUT2D eigenvalue weighted by Crippen LogP contribution is -2.50. The fourth-order valence-electron chi connectivity index (χ4n) is 4.69. The van der Waals surface area contributed by atoms with Gasteiger partial charge in [0, 0.05) is 17.3 Å². The summed E-state index contributed by atoms with van der Waals surface area (Å²) in [7, 11) is 0. The van der Waals surface area contributed by atoms with Gasteiger partial charge in [0.2, 0.25) is 0 Å². The van der Waals surface area contributed by atoms with Crippen LogP contribution in [-0.4, -0.2) is 25.8 Å². The van der Waals surface area contributed by atoms with Crippen LogP contribution in [0.5, 0.6) is 0 Å². The Morgan fingerprint density at radius 2 is 1.81 bits per heavy atom. The molecule has 6 heteroatoms. The lowest BCUT2D eigenvalue weighted by atomic mass is 9.72. The average Bonchev–Trinajstić information content (AvgIpc) is 3.18. The van der Waals surface area contributed by atoms with Gasteiger partial charge < -0.3 is 10.4 Å². The van der Waals surface area contributed by atoms with Crippen LogP contribution in [0.3, 0.4) is 0 Å². The van der Waals surface area contributed by atoms with Crippen molar-refractivity contribution in [3.63, 3.8) is 0 Å². The van der Waals surface area contributed by atoms with E-state index in [1.807, 2.05) is 59.2 Å². The molecule has 2 N–H and O–H groups in total. The summed E-state index contributed by atoms with van der Waals surface area (Å²) in [5.41, 5.74) is 6.50. The van der Waals surface area contributed by atoms with E-state index in [2.05, 4.69) is 29.5 Å². The molecular formula is C26H26N4O2. The largest absolute Gasteiger partial charge is 0.465 e. The zero-order chi connectivity index (χ0) is 22.1. The summed E-state index contributed by atoms with van der Waals surface area (Å²) in [6, 6.07) is 20.4. The van der Waals surface area contributed by atoms with Crippen molar-refractivity contribution in [2.45, 2.75) is 44.6 Å². The number of hydrogen-bond acceptors (Lipinski definition) is 3. The van der Waals surface area contributed by atoms with Gasteiger partial charge in [0.25, 0.3) is 0 Å². The predicted molar refractivity (Wildman–Crippen MR) is 125 cm³/mol. The van der Waals surface area contributed by atoms with Gasteiger partial charge in [0.1, 0.15) is 5.69 Å². The van der Waals surface area contributed by atoms with E-state index in [0.29, 0.717) is 0 Å². The van der Waals surface area contributed by atoms with Gasteiger partial charge in [-0.15, -0.1) is 0 Å². The number of carbonyl (C=O) groups is 1. The summed E-state index contributed by atoms with van der Waals surface area (Å²) in [6.07, 6.45) is 5.53. The standard InChI is InChI=1S/C26H26N4O2/c1-2-7-20-14-17-27-30-23(19-8-4-3-5-9-19)22(28-24(20)30)18-10-12-21(13-11-18)26(15-6-16-26)29-25(31)32/h3-5,8-14,17,29H,2,6-7,15-16H2,1H3,(H,31,32). The van der Waals surface area contributed by atoms with Gasteiger partial charge >= 0.3 is 6.09 Å². The third-order valence-electron chi connectivity index (χ3n) is 6.43. The minimum Gasteiger partial charge on any atom is -0.465 e. The lowest BCUT2D eigenvalue weighted by molar-refractivity contribution is 0.144. The number of rotatable bonds is 6. The summed E-state index contributed by atoms with van der Waals surface area (Å²) >= 11 is 0. The molecule has 1 fully saturated rings. The van der Waals surface area contributed by atoms with Crippen LogP contribution in [0, 0.1) is 0 Å². The maximum absolute atomic E-state index is 11.3. The first kappa shape index (κ1) is 20.2. The molecule has 1 amide bonds. The Morgan fingerprint density at radius 3 is 2.44 bits per heavy atom. The Morgan fingerprint density at radius 1 is 1.06 bits per heavy atom. The molecule has 6 nitrogen and oxygen atoms in total. The molecule has 1 aliphatic rings. The molecule has 2 aromatic carbocycles. The van der Waals surface area contributed by atoms with E-state index in [-0.39, 0.29) is 0 Å². The molecule has 32 heavy (non-hydrogen) atoms. The van der Waals surface area contributed by atoms with Crippen molar-refractivity contribution in [3.05, 3.63) is 78.0 Å². The van der Waals surface area contributed by atoms with Crippen LogP contribution in [0.2, 0.25) is 0 Å². The Kier molecular flexibility index (Phi) is 5.13. The van der Waals surface area contributed by atoms with Gasteiger partial charge in [-0.05, 0) is 42.9 Å². The highest BCUT2D eigenvalue weighted by molar-refractivity contribution is 5.82. The molecule has 162 valence electrons. The van der Waals surface area contributed by atoms with Crippen LogP contribution in [0.15, 0.2) is 66.9 Å². The van der Waals surface area contributed by atoms with Crippen LogP contribution >= 0.6 is 0 Å². The van der Waals surface area contributed by atoms with Gasteiger partial charge in [-0.3, -0.25) is 0 Å². The highest BCUT2D eigenvalue weighted by atomic mass is 16.4. The van der Waals surface area contributed by atoms with Crippen LogP contribution < -0.4 is 5.32 Å². The van der Waals surface area contributed by atoms with Crippen LogP contribution in [0.1, 0.15) is 43.7 Å². The van der Waals surface area contributed by atoms with Crippen molar-refractivity contribution >= 4 is 11.7 Å². The average molecular weight is 427 g/mol. The molecule has 0 atom stereocenters. The number of aromatic nitrogens is 3. The number of nitrogens with zero attached hydrogens (tertiary/aromatic N) is 3. The topological polar surface area (TPSA) is 79.5 Å². The second kappa shape index (κ2) is 8.11. The van der Waals surface area contributed by atoms with Gasteiger partial charge in [-0.25, -0.2) is 14.3 Å². The molecule has 5 rings (SSSR count). The summed E-state index contributed by atoms with van der Waals surface area (Å²) in [5, 5.41) is 16.7. The number of hydrogen-bond donors (Lipinski definition) is 2. The molecule has 0 bridgehead atoms. The van der Waals surface area contributed by atoms with E-state index in [4.69, 9.17) is 4.98 Å². The van der Waals surface area contributed by atoms with Crippen LogP contribution in [-0.2, 0) is 12.0 Å². The number of benzene rings is 2. The molecule has 0 aliphatic heterocycles. The van der Waals surface area contributed by atoms with E-state index in [0.717, 1.165) is 65.8 Å². The minimum absolute atomic E-state index is 0.471. The Bertz CT molecular complexity index is 1260. The molecule has 0 unspecified atom stereocenters. The van der Waals surface area contributed by atoms with Crippen molar-refractivity contribution < 1.29 is 9.90 Å². The normalized spacial score (nSPS) is 14.8. The van der Waals surface area contributed by atoms with Crippen molar-refractivity contribution in [2.75, 3.05) is 0 Å². The number of aryl methyl sites for hydroxylation is 1. The first-order valence-corrected chi connectivity index (χ1v) is 11.2. The summed E-state index contributed by atoms with van der Waals surface area (Å²) < 4.78 is 1.95. The number of imidazole rings is 1. The van der Waals surface area contributed by atoms with Gasteiger partial charge in [-0.2, -0.15) is 5.10 Å². The van der Waals surface area contributed by atoms with Crippen molar-refractivity contribution in [2.24, 2.45) is 0 Å². The third-order valence-corrected chi connectivity index (χ3v) is 6.43.